The average Bonchev–Trinajstić information content (AvgIpc) is 2.88. The molecule has 0 aliphatic heterocycles. The monoisotopic (exact) mass is 411 g/mol. The van der Waals surface area contributed by atoms with E-state index in [1.165, 1.54) is 32.7 Å². The zero-order valence-electron chi connectivity index (χ0n) is 16.8. The summed E-state index contributed by atoms with van der Waals surface area (Å²) in [4.78, 5) is 0. The van der Waals surface area contributed by atoms with Crippen molar-refractivity contribution in [2.75, 3.05) is 0 Å². The van der Waals surface area contributed by atoms with Crippen LogP contribution in [0.15, 0.2) is 48.5 Å². The molecule has 0 radical (unpaired) electrons. The molecule has 1 aliphatic carbocycles. The van der Waals surface area contributed by atoms with E-state index >= 15 is 0 Å². The molecular formula is C24H33NSiTi. The molecule has 3 aromatic rings. The summed E-state index contributed by atoms with van der Waals surface area (Å²) in [5.41, 5.74) is 4.47. The van der Waals surface area contributed by atoms with Crippen molar-refractivity contribution < 1.29 is 16.8 Å². The molecule has 142 valence electrons. The summed E-state index contributed by atoms with van der Waals surface area (Å²) in [6.07, 6.45) is 2.45. The molecule has 0 aromatic heterocycles. The van der Waals surface area contributed by atoms with Crippen molar-refractivity contribution in [2.45, 2.75) is 50.1 Å². The first kappa shape index (κ1) is 20.5. The van der Waals surface area contributed by atoms with Crippen molar-refractivity contribution in [1.82, 2.24) is 3.80 Å². The summed E-state index contributed by atoms with van der Waals surface area (Å²) in [5.74, 6) is 0.482. The number of nitrogens with one attached hydrogen (secondary N) is 1. The van der Waals surface area contributed by atoms with Gasteiger partial charge in [0.1, 0.15) is 0 Å². The molecule has 0 bridgehead atoms. The van der Waals surface area contributed by atoms with E-state index in [4.69, 9.17) is 0 Å². The summed E-state index contributed by atoms with van der Waals surface area (Å²) in [7, 11) is 0. The molecule has 27 heavy (non-hydrogen) atoms. The van der Waals surface area contributed by atoms with Gasteiger partial charge in [-0.3, -0.25) is 0 Å². The fourth-order valence-electron chi connectivity index (χ4n) is 5.02. The maximum atomic E-state index is 3.96. The van der Waals surface area contributed by atoms with E-state index in [-0.39, 0.29) is 11.0 Å². The molecule has 0 spiro atoms. The third-order valence-electron chi connectivity index (χ3n) is 5.76. The van der Waals surface area contributed by atoms with E-state index < -0.39 is 16.8 Å². The molecule has 1 N–H and O–H groups in total. The number of hydrogen-bond donors (Lipinski definition) is 1. The van der Waals surface area contributed by atoms with Gasteiger partial charge in [0.05, 0.1) is 0 Å². The Morgan fingerprint density at radius 1 is 0.926 bits per heavy atom. The molecule has 3 heteroatoms. The Morgan fingerprint density at radius 3 is 2.22 bits per heavy atom. The van der Waals surface area contributed by atoms with Gasteiger partial charge in [0.25, 0.3) is 0 Å². The topological polar surface area (TPSA) is 12.0 Å². The van der Waals surface area contributed by atoms with Crippen molar-refractivity contribution in [3.63, 3.8) is 0 Å². The zero-order chi connectivity index (χ0) is 18.6. The van der Waals surface area contributed by atoms with Crippen molar-refractivity contribution in [2.24, 2.45) is 0 Å². The van der Waals surface area contributed by atoms with Gasteiger partial charge in [-0.25, -0.2) is 0 Å². The Labute approximate surface area is 171 Å². The molecule has 3 aromatic carbocycles. The second-order valence-electron chi connectivity index (χ2n) is 8.62. The van der Waals surface area contributed by atoms with E-state index in [0.29, 0.717) is 12.0 Å². The van der Waals surface area contributed by atoms with Crippen molar-refractivity contribution in [1.29, 1.82) is 0 Å². The fraction of sp³-hybridized carbons (Fsp3) is 0.333. The van der Waals surface area contributed by atoms with Crippen molar-refractivity contribution in [3.8, 4) is 0 Å². The van der Waals surface area contributed by atoms with Gasteiger partial charge in [-0.15, -0.1) is 0 Å². The molecular weight excluding hydrogens is 378 g/mol. The molecule has 0 amide bonds. The van der Waals surface area contributed by atoms with Crippen LogP contribution in [0.5, 0.6) is 0 Å². The zero-order valence-corrected chi connectivity index (χ0v) is 18.3. The third-order valence-corrected chi connectivity index (χ3v) is 10.5. The molecule has 0 saturated carbocycles. The molecule has 1 unspecified atom stereocenters. The van der Waals surface area contributed by atoms with E-state index in [9.17, 15) is 0 Å². The van der Waals surface area contributed by atoms with Crippen molar-refractivity contribution >= 4 is 42.0 Å². The van der Waals surface area contributed by atoms with Gasteiger partial charge in [0, 0.05) is 0 Å². The maximum absolute atomic E-state index is 3.96. The standard InChI is InChI=1S/C19H15.C3H8N.2CH3.H4Si.Ti/c1-12-11-13(2)19-17-10-6-4-8-15(17)14-7-3-5-9-16(14)18(12)19;1-3(2)4;;;;/h3-9,11,13H,1-2H3;3-4H,1-2H3;2*1H3;1H4;/q;-1;;;;+1. The van der Waals surface area contributed by atoms with Gasteiger partial charge in [0.2, 0.25) is 0 Å². The summed E-state index contributed by atoms with van der Waals surface area (Å²) in [5, 5.41) is 10.8. The van der Waals surface area contributed by atoms with Crippen LogP contribution >= 0.6 is 0 Å². The predicted octanol–water partition coefficient (Wildman–Crippen LogP) is 4.85. The van der Waals surface area contributed by atoms with Gasteiger partial charge in [0.15, 0.2) is 0 Å². The second-order valence-corrected chi connectivity index (χ2v) is 15.0. The Balaban J connectivity index is 0.00000210. The first-order valence-corrected chi connectivity index (χ1v) is 14.4. The number of fused-ring (bicyclic) bond motifs is 6. The molecule has 0 saturated heterocycles. The first-order chi connectivity index (χ1) is 12.3. The summed E-state index contributed by atoms with van der Waals surface area (Å²) < 4.78 is 5.55. The first-order valence-electron chi connectivity index (χ1n) is 9.75. The van der Waals surface area contributed by atoms with Crippen LogP contribution in [0.3, 0.4) is 0 Å². The molecule has 0 fully saturated rings. The van der Waals surface area contributed by atoms with Crippen LogP contribution in [0, 0.1) is 0 Å². The SMILES string of the molecule is CC1=CC(C)c2c1c1ccccc1c1ccc[c]([Ti]([CH3])([CH3])[NH]C(C)C)c21.[SiH4]. The Bertz CT molecular complexity index is 1050. The summed E-state index contributed by atoms with van der Waals surface area (Å²) in [6, 6.07) is 16.5. The van der Waals surface area contributed by atoms with Gasteiger partial charge in [-0.05, 0) is 11.0 Å². The fourth-order valence-corrected chi connectivity index (χ4v) is 9.71. The smallest absolute Gasteiger partial charge is 0.0149 e. The van der Waals surface area contributed by atoms with Gasteiger partial charge in [-0.1, -0.05) is 0 Å². The van der Waals surface area contributed by atoms with E-state index in [2.05, 4.69) is 90.5 Å². The Kier molecular flexibility index (Phi) is 5.58. The van der Waals surface area contributed by atoms with Crippen LogP contribution in [0.4, 0.5) is 0 Å². The van der Waals surface area contributed by atoms with Crippen LogP contribution in [0.25, 0.3) is 27.1 Å². The largest absolute Gasteiger partial charge is 0.0149 e. The van der Waals surface area contributed by atoms with Crippen LogP contribution in [-0.4, -0.2) is 17.0 Å². The van der Waals surface area contributed by atoms with Gasteiger partial charge in [-0.2, -0.15) is 0 Å². The maximum Gasteiger partial charge on any atom is -0.0149 e. The molecule has 0 heterocycles. The predicted molar refractivity (Wildman–Crippen MR) is 124 cm³/mol. The van der Waals surface area contributed by atoms with E-state index in [1.54, 1.807) is 9.43 Å². The quantitative estimate of drug-likeness (QED) is 0.480. The number of hydrogen-bond acceptors (Lipinski definition) is 1. The van der Waals surface area contributed by atoms with Gasteiger partial charge >= 0.3 is 161 Å². The van der Waals surface area contributed by atoms with E-state index in [1.807, 2.05) is 0 Å². The number of rotatable bonds is 3. The third kappa shape index (κ3) is 3.27. The molecule has 1 aliphatic rings. The minimum absolute atomic E-state index is 0. The minimum Gasteiger partial charge on any atom is -0.0149 e. The Hall–Kier alpha value is -1.19. The molecule has 4 rings (SSSR count). The Morgan fingerprint density at radius 2 is 1.56 bits per heavy atom. The van der Waals surface area contributed by atoms with Gasteiger partial charge < -0.3 is 0 Å². The average molecular weight is 411 g/mol. The van der Waals surface area contributed by atoms with Crippen LogP contribution in [0.1, 0.15) is 44.7 Å². The minimum atomic E-state index is -2.35. The number of allylic oxidation sites excluding steroid dienone is 2. The summed E-state index contributed by atoms with van der Waals surface area (Å²) in [6.45, 7) is 9.18. The van der Waals surface area contributed by atoms with Crippen LogP contribution < -0.4 is 7.67 Å². The summed E-state index contributed by atoms with van der Waals surface area (Å²) >= 11 is -2.35. The normalized spacial score (nSPS) is 16.6. The number of benzene rings is 3. The van der Waals surface area contributed by atoms with E-state index in [0.717, 1.165) is 0 Å². The second kappa shape index (κ2) is 7.33. The van der Waals surface area contributed by atoms with Crippen LogP contribution in [0.2, 0.25) is 10.5 Å². The molecule has 1 nitrogen and oxygen atoms in total. The molecule has 1 atom stereocenters. The van der Waals surface area contributed by atoms with Crippen LogP contribution in [-0.2, 0) is 16.8 Å². The van der Waals surface area contributed by atoms with Crippen molar-refractivity contribution in [3.05, 3.63) is 59.7 Å².